The summed E-state index contributed by atoms with van der Waals surface area (Å²) in [5.74, 6) is 0. The molecule has 0 bridgehead atoms. The number of hydrogen-bond acceptors (Lipinski definition) is 5. The SMILES string of the molecule is Cc1nc(Cl)sc1S(=O)(=O)N(C)CCCCCO. The molecule has 0 aliphatic carbocycles. The Morgan fingerprint density at radius 3 is 2.56 bits per heavy atom. The summed E-state index contributed by atoms with van der Waals surface area (Å²) in [6.07, 6.45) is 2.22. The minimum atomic E-state index is -3.49. The van der Waals surface area contributed by atoms with Crippen LogP contribution in [0.4, 0.5) is 0 Å². The van der Waals surface area contributed by atoms with Crippen molar-refractivity contribution in [3.63, 3.8) is 0 Å². The van der Waals surface area contributed by atoms with Gasteiger partial charge in [0.2, 0.25) is 0 Å². The van der Waals surface area contributed by atoms with Crippen LogP contribution in [0.3, 0.4) is 0 Å². The number of aliphatic hydroxyl groups excluding tert-OH is 1. The molecule has 104 valence electrons. The summed E-state index contributed by atoms with van der Waals surface area (Å²) in [7, 11) is -1.95. The fourth-order valence-corrected chi connectivity index (χ4v) is 4.61. The first-order valence-corrected chi connectivity index (χ1v) is 8.23. The molecule has 0 aliphatic heterocycles. The van der Waals surface area contributed by atoms with Crippen LogP contribution in [0, 0.1) is 6.92 Å². The molecule has 8 heteroatoms. The average Bonchev–Trinajstić information content (AvgIpc) is 2.64. The second kappa shape index (κ2) is 6.81. The molecule has 0 atom stereocenters. The van der Waals surface area contributed by atoms with Crippen LogP contribution in [0.25, 0.3) is 0 Å². The number of unbranched alkanes of at least 4 members (excludes halogenated alkanes) is 2. The first-order chi connectivity index (χ1) is 8.39. The molecule has 0 fully saturated rings. The van der Waals surface area contributed by atoms with Crippen molar-refractivity contribution >= 4 is 33.0 Å². The van der Waals surface area contributed by atoms with Gasteiger partial charge in [-0.1, -0.05) is 22.9 Å². The topological polar surface area (TPSA) is 70.5 Å². The monoisotopic (exact) mass is 312 g/mol. The van der Waals surface area contributed by atoms with Crippen molar-refractivity contribution in [2.24, 2.45) is 0 Å². The summed E-state index contributed by atoms with van der Waals surface area (Å²) >= 11 is 6.70. The molecule has 1 N–H and O–H groups in total. The third-order valence-electron chi connectivity index (χ3n) is 2.50. The Balaban J connectivity index is 2.71. The van der Waals surface area contributed by atoms with Gasteiger partial charge >= 0.3 is 0 Å². The summed E-state index contributed by atoms with van der Waals surface area (Å²) < 4.78 is 26.2. The molecule has 18 heavy (non-hydrogen) atoms. The van der Waals surface area contributed by atoms with Crippen LogP contribution in [0.2, 0.25) is 4.47 Å². The maximum atomic E-state index is 12.2. The number of sulfonamides is 1. The van der Waals surface area contributed by atoms with E-state index in [2.05, 4.69) is 4.98 Å². The fourth-order valence-electron chi connectivity index (χ4n) is 1.47. The van der Waals surface area contributed by atoms with Gasteiger partial charge in [-0.15, -0.1) is 0 Å². The van der Waals surface area contributed by atoms with E-state index < -0.39 is 10.0 Å². The Bertz CT molecular complexity index is 487. The molecule has 0 aromatic carbocycles. The Morgan fingerprint density at radius 2 is 2.06 bits per heavy atom. The Kier molecular flexibility index (Phi) is 6.00. The molecular formula is C10H17ClN2O3S2. The van der Waals surface area contributed by atoms with Gasteiger partial charge in [0.25, 0.3) is 10.0 Å². The summed E-state index contributed by atoms with van der Waals surface area (Å²) in [5, 5.41) is 8.66. The largest absolute Gasteiger partial charge is 0.396 e. The van der Waals surface area contributed by atoms with E-state index in [0.717, 1.165) is 24.2 Å². The van der Waals surface area contributed by atoms with Crippen LogP contribution < -0.4 is 0 Å². The van der Waals surface area contributed by atoms with Crippen molar-refractivity contribution in [2.45, 2.75) is 30.4 Å². The van der Waals surface area contributed by atoms with Crippen molar-refractivity contribution < 1.29 is 13.5 Å². The van der Waals surface area contributed by atoms with Crippen LogP contribution in [0.1, 0.15) is 25.0 Å². The molecule has 0 radical (unpaired) electrons. The zero-order chi connectivity index (χ0) is 13.8. The molecule has 0 spiro atoms. The number of nitrogens with zero attached hydrogens (tertiary/aromatic N) is 2. The number of halogens is 1. The van der Waals surface area contributed by atoms with Crippen molar-refractivity contribution in [3.8, 4) is 0 Å². The van der Waals surface area contributed by atoms with Crippen molar-refractivity contribution in [1.29, 1.82) is 0 Å². The summed E-state index contributed by atoms with van der Waals surface area (Å²) in [5.41, 5.74) is 0.437. The third-order valence-corrected chi connectivity index (χ3v) is 6.21. The van der Waals surface area contributed by atoms with E-state index in [1.165, 1.54) is 4.31 Å². The number of rotatable bonds is 7. The molecule has 1 heterocycles. The second-order valence-corrected chi connectivity index (χ2v) is 7.77. The molecular weight excluding hydrogens is 296 g/mol. The van der Waals surface area contributed by atoms with Gasteiger partial charge in [0, 0.05) is 20.2 Å². The number of hydrogen-bond donors (Lipinski definition) is 1. The lowest BCUT2D eigenvalue weighted by molar-refractivity contribution is 0.281. The zero-order valence-electron chi connectivity index (χ0n) is 10.4. The highest BCUT2D eigenvalue weighted by molar-refractivity contribution is 7.91. The second-order valence-electron chi connectivity index (χ2n) is 3.95. The van der Waals surface area contributed by atoms with Gasteiger partial charge in [-0.2, -0.15) is 0 Å². The van der Waals surface area contributed by atoms with Gasteiger partial charge in [-0.3, -0.25) is 0 Å². The summed E-state index contributed by atoms with van der Waals surface area (Å²) in [6.45, 7) is 2.20. The fraction of sp³-hybridized carbons (Fsp3) is 0.700. The van der Waals surface area contributed by atoms with E-state index in [0.29, 0.717) is 18.7 Å². The van der Waals surface area contributed by atoms with E-state index in [1.807, 2.05) is 0 Å². The number of thiazole rings is 1. The first-order valence-electron chi connectivity index (χ1n) is 5.59. The molecule has 1 aromatic rings. The highest BCUT2D eigenvalue weighted by Crippen LogP contribution is 2.28. The Labute approximate surface area is 116 Å². The van der Waals surface area contributed by atoms with Crippen LogP contribution in [-0.4, -0.2) is 43.0 Å². The minimum absolute atomic E-state index is 0.139. The predicted octanol–water partition coefficient (Wildman–Crippen LogP) is 1.89. The van der Waals surface area contributed by atoms with Gasteiger partial charge in [0.15, 0.2) is 8.68 Å². The lowest BCUT2D eigenvalue weighted by Crippen LogP contribution is -2.27. The Morgan fingerprint density at radius 1 is 1.39 bits per heavy atom. The summed E-state index contributed by atoms with van der Waals surface area (Å²) in [6, 6.07) is 0. The molecule has 0 amide bonds. The van der Waals surface area contributed by atoms with Gasteiger partial charge < -0.3 is 5.11 Å². The van der Waals surface area contributed by atoms with E-state index in [4.69, 9.17) is 16.7 Å². The highest BCUT2D eigenvalue weighted by Gasteiger charge is 2.25. The summed E-state index contributed by atoms with van der Waals surface area (Å²) in [4.78, 5) is 3.91. The third kappa shape index (κ3) is 3.89. The molecule has 1 aromatic heterocycles. The number of aryl methyl sites for hydroxylation is 1. The van der Waals surface area contributed by atoms with Crippen molar-refractivity contribution in [1.82, 2.24) is 9.29 Å². The van der Waals surface area contributed by atoms with Crippen molar-refractivity contribution in [2.75, 3.05) is 20.2 Å². The van der Waals surface area contributed by atoms with E-state index in [9.17, 15) is 8.42 Å². The molecule has 0 saturated carbocycles. The lowest BCUT2D eigenvalue weighted by Gasteiger charge is -2.15. The van der Waals surface area contributed by atoms with E-state index in [1.54, 1.807) is 14.0 Å². The Hall–Kier alpha value is -0.210. The molecule has 0 aliphatic rings. The zero-order valence-corrected chi connectivity index (χ0v) is 12.8. The van der Waals surface area contributed by atoms with Crippen molar-refractivity contribution in [3.05, 3.63) is 10.2 Å². The quantitative estimate of drug-likeness (QED) is 0.781. The molecule has 5 nitrogen and oxygen atoms in total. The normalized spacial score (nSPS) is 12.3. The number of aromatic nitrogens is 1. The lowest BCUT2D eigenvalue weighted by atomic mass is 10.2. The maximum Gasteiger partial charge on any atom is 0.254 e. The van der Waals surface area contributed by atoms with Crippen LogP contribution in [0.5, 0.6) is 0 Å². The highest BCUT2D eigenvalue weighted by atomic mass is 35.5. The van der Waals surface area contributed by atoms with Gasteiger partial charge in [0.05, 0.1) is 5.69 Å². The minimum Gasteiger partial charge on any atom is -0.396 e. The van der Waals surface area contributed by atoms with Crippen LogP contribution in [0.15, 0.2) is 4.21 Å². The van der Waals surface area contributed by atoms with Gasteiger partial charge in [-0.25, -0.2) is 17.7 Å². The molecule has 0 saturated heterocycles. The van der Waals surface area contributed by atoms with E-state index in [-0.39, 0.29) is 15.3 Å². The standard InChI is InChI=1S/C10H17ClN2O3S2/c1-8-9(17-10(11)12-8)18(15,16)13(2)6-4-3-5-7-14/h14H,3-7H2,1-2H3. The van der Waals surface area contributed by atoms with Crippen LogP contribution in [-0.2, 0) is 10.0 Å². The van der Waals surface area contributed by atoms with Gasteiger partial charge in [-0.05, 0) is 26.2 Å². The molecule has 1 rings (SSSR count). The first kappa shape index (κ1) is 15.8. The van der Waals surface area contributed by atoms with E-state index >= 15 is 0 Å². The molecule has 0 unspecified atom stereocenters. The number of aliphatic hydroxyl groups is 1. The smallest absolute Gasteiger partial charge is 0.254 e. The predicted molar refractivity (Wildman–Crippen MR) is 72.6 cm³/mol. The average molecular weight is 313 g/mol. The maximum absolute atomic E-state index is 12.2. The van der Waals surface area contributed by atoms with Crippen LogP contribution >= 0.6 is 22.9 Å². The van der Waals surface area contributed by atoms with Gasteiger partial charge in [0.1, 0.15) is 0 Å².